The zero-order valence-corrected chi connectivity index (χ0v) is 11.8. The Morgan fingerprint density at radius 2 is 2.00 bits per heavy atom. The van der Waals surface area contributed by atoms with Crippen LogP contribution in [0.25, 0.3) is 0 Å². The van der Waals surface area contributed by atoms with E-state index in [0.717, 1.165) is 18.7 Å². The van der Waals surface area contributed by atoms with Crippen LogP contribution >= 0.6 is 0 Å². The highest BCUT2D eigenvalue weighted by Gasteiger charge is 2.05. The molecule has 1 unspecified atom stereocenters. The van der Waals surface area contributed by atoms with Crippen LogP contribution in [0.1, 0.15) is 33.3 Å². The SMILES string of the molecule is CC(=O)Nc1cccc(CC(C)NCC(C)C)c1. The van der Waals surface area contributed by atoms with Crippen molar-refractivity contribution in [1.29, 1.82) is 0 Å². The molecule has 0 fully saturated rings. The molecule has 18 heavy (non-hydrogen) atoms. The molecule has 1 aromatic rings. The maximum absolute atomic E-state index is 11.0. The van der Waals surface area contributed by atoms with Crippen molar-refractivity contribution in [3.8, 4) is 0 Å². The molecule has 0 saturated heterocycles. The fourth-order valence-corrected chi connectivity index (χ4v) is 1.84. The first-order chi connectivity index (χ1) is 8.47. The number of carbonyl (C=O) groups is 1. The molecule has 3 nitrogen and oxygen atoms in total. The van der Waals surface area contributed by atoms with Crippen molar-refractivity contribution in [1.82, 2.24) is 5.32 Å². The van der Waals surface area contributed by atoms with Gasteiger partial charge in [-0.25, -0.2) is 0 Å². The third-order valence-electron chi connectivity index (χ3n) is 2.66. The van der Waals surface area contributed by atoms with Gasteiger partial charge >= 0.3 is 0 Å². The maximum atomic E-state index is 11.0. The normalized spacial score (nSPS) is 12.5. The maximum Gasteiger partial charge on any atom is 0.221 e. The summed E-state index contributed by atoms with van der Waals surface area (Å²) in [5, 5.41) is 6.31. The zero-order chi connectivity index (χ0) is 13.5. The third kappa shape index (κ3) is 5.82. The molecule has 0 aliphatic carbocycles. The zero-order valence-electron chi connectivity index (χ0n) is 11.8. The van der Waals surface area contributed by atoms with Gasteiger partial charge in [-0.1, -0.05) is 26.0 Å². The van der Waals surface area contributed by atoms with Crippen molar-refractivity contribution in [2.45, 2.75) is 40.2 Å². The number of anilines is 1. The van der Waals surface area contributed by atoms with Crippen molar-refractivity contribution in [3.63, 3.8) is 0 Å². The quantitative estimate of drug-likeness (QED) is 0.813. The lowest BCUT2D eigenvalue weighted by molar-refractivity contribution is -0.114. The lowest BCUT2D eigenvalue weighted by Gasteiger charge is -2.16. The standard InChI is InChI=1S/C15H24N2O/c1-11(2)10-16-12(3)8-14-6-5-7-15(9-14)17-13(4)18/h5-7,9,11-12,16H,8,10H2,1-4H3,(H,17,18). The smallest absolute Gasteiger partial charge is 0.221 e. The summed E-state index contributed by atoms with van der Waals surface area (Å²) in [5.41, 5.74) is 2.11. The highest BCUT2D eigenvalue weighted by molar-refractivity contribution is 5.88. The fraction of sp³-hybridized carbons (Fsp3) is 0.533. The second kappa shape index (κ2) is 7.17. The van der Waals surface area contributed by atoms with Gasteiger partial charge in [0.1, 0.15) is 0 Å². The molecule has 0 heterocycles. The number of hydrogen-bond acceptors (Lipinski definition) is 2. The minimum atomic E-state index is -0.0295. The number of amides is 1. The van der Waals surface area contributed by atoms with E-state index in [1.807, 2.05) is 18.2 Å². The van der Waals surface area contributed by atoms with Gasteiger partial charge in [-0.05, 0) is 43.5 Å². The lowest BCUT2D eigenvalue weighted by Crippen LogP contribution is -2.31. The molecule has 100 valence electrons. The molecule has 2 N–H and O–H groups in total. The summed E-state index contributed by atoms with van der Waals surface area (Å²) >= 11 is 0. The van der Waals surface area contributed by atoms with Gasteiger partial charge < -0.3 is 10.6 Å². The molecule has 0 radical (unpaired) electrons. The summed E-state index contributed by atoms with van der Waals surface area (Å²) in [6, 6.07) is 8.47. The Morgan fingerprint density at radius 1 is 1.28 bits per heavy atom. The van der Waals surface area contributed by atoms with E-state index < -0.39 is 0 Å². The molecule has 1 rings (SSSR count). The molecule has 1 atom stereocenters. The predicted molar refractivity (Wildman–Crippen MR) is 76.8 cm³/mol. The minimum absolute atomic E-state index is 0.0295. The first kappa shape index (κ1) is 14.7. The van der Waals surface area contributed by atoms with Gasteiger partial charge in [0, 0.05) is 18.7 Å². The average molecular weight is 248 g/mol. The molecule has 1 aromatic carbocycles. The van der Waals surface area contributed by atoms with Crippen LogP contribution in [-0.4, -0.2) is 18.5 Å². The Bertz CT molecular complexity index is 388. The van der Waals surface area contributed by atoms with Gasteiger partial charge in [0.15, 0.2) is 0 Å². The first-order valence-corrected chi connectivity index (χ1v) is 6.57. The van der Waals surface area contributed by atoms with Crippen LogP contribution in [-0.2, 0) is 11.2 Å². The largest absolute Gasteiger partial charge is 0.326 e. The van der Waals surface area contributed by atoms with Crippen LogP contribution in [0.15, 0.2) is 24.3 Å². The van der Waals surface area contributed by atoms with E-state index in [9.17, 15) is 4.79 Å². The molecule has 0 bridgehead atoms. The molecule has 0 aromatic heterocycles. The molecular weight excluding hydrogens is 224 g/mol. The van der Waals surface area contributed by atoms with Crippen molar-refractivity contribution in [2.75, 3.05) is 11.9 Å². The van der Waals surface area contributed by atoms with E-state index in [4.69, 9.17) is 0 Å². The molecule has 0 aliphatic heterocycles. The molecule has 3 heteroatoms. The first-order valence-electron chi connectivity index (χ1n) is 6.57. The third-order valence-corrected chi connectivity index (χ3v) is 2.66. The van der Waals surface area contributed by atoms with E-state index in [1.165, 1.54) is 12.5 Å². The van der Waals surface area contributed by atoms with Crippen molar-refractivity contribution in [3.05, 3.63) is 29.8 Å². The van der Waals surface area contributed by atoms with Crippen molar-refractivity contribution < 1.29 is 4.79 Å². The summed E-state index contributed by atoms with van der Waals surface area (Å²) in [5.74, 6) is 0.635. The summed E-state index contributed by atoms with van der Waals surface area (Å²) in [6.07, 6.45) is 0.972. The van der Waals surface area contributed by atoms with Crippen LogP contribution in [0, 0.1) is 5.92 Å². The number of carbonyl (C=O) groups excluding carboxylic acids is 1. The Kier molecular flexibility index (Phi) is 5.86. The molecular formula is C15H24N2O. The Labute approximate surface area is 110 Å². The second-order valence-corrected chi connectivity index (χ2v) is 5.29. The summed E-state index contributed by atoms with van der Waals surface area (Å²) < 4.78 is 0. The van der Waals surface area contributed by atoms with Crippen LogP contribution in [0.2, 0.25) is 0 Å². The van der Waals surface area contributed by atoms with E-state index in [0.29, 0.717) is 12.0 Å². The predicted octanol–water partition coefficient (Wildman–Crippen LogP) is 2.82. The number of hydrogen-bond donors (Lipinski definition) is 2. The number of nitrogens with one attached hydrogen (secondary N) is 2. The molecule has 0 spiro atoms. The van der Waals surface area contributed by atoms with Crippen molar-refractivity contribution >= 4 is 11.6 Å². The fourth-order valence-electron chi connectivity index (χ4n) is 1.84. The van der Waals surface area contributed by atoms with E-state index >= 15 is 0 Å². The monoisotopic (exact) mass is 248 g/mol. The summed E-state index contributed by atoms with van der Waals surface area (Å²) in [4.78, 5) is 11.0. The van der Waals surface area contributed by atoms with E-state index in [1.54, 1.807) is 0 Å². The topological polar surface area (TPSA) is 41.1 Å². The molecule has 1 amide bonds. The number of benzene rings is 1. The van der Waals surface area contributed by atoms with Gasteiger partial charge in [0.2, 0.25) is 5.91 Å². The molecule has 0 saturated carbocycles. The van der Waals surface area contributed by atoms with E-state index in [-0.39, 0.29) is 5.91 Å². The van der Waals surface area contributed by atoms with Gasteiger partial charge in [-0.2, -0.15) is 0 Å². The Morgan fingerprint density at radius 3 is 2.61 bits per heavy atom. The van der Waals surface area contributed by atoms with Crippen molar-refractivity contribution in [2.24, 2.45) is 5.92 Å². The van der Waals surface area contributed by atoms with E-state index in [2.05, 4.69) is 37.5 Å². The Balaban J connectivity index is 2.53. The lowest BCUT2D eigenvalue weighted by atomic mass is 10.1. The van der Waals surface area contributed by atoms with Gasteiger partial charge in [0.05, 0.1) is 0 Å². The van der Waals surface area contributed by atoms with Gasteiger partial charge in [-0.3, -0.25) is 4.79 Å². The van der Waals surface area contributed by atoms with Crippen LogP contribution < -0.4 is 10.6 Å². The molecule has 0 aliphatic rings. The summed E-state index contributed by atoms with van der Waals surface area (Å²) in [7, 11) is 0. The highest BCUT2D eigenvalue weighted by atomic mass is 16.1. The average Bonchev–Trinajstić information content (AvgIpc) is 2.26. The highest BCUT2D eigenvalue weighted by Crippen LogP contribution is 2.12. The van der Waals surface area contributed by atoms with Crippen LogP contribution in [0.4, 0.5) is 5.69 Å². The second-order valence-electron chi connectivity index (χ2n) is 5.29. The summed E-state index contributed by atoms with van der Waals surface area (Å²) in [6.45, 7) is 9.16. The van der Waals surface area contributed by atoms with Gasteiger partial charge in [-0.15, -0.1) is 0 Å². The van der Waals surface area contributed by atoms with Crippen LogP contribution in [0.5, 0.6) is 0 Å². The Hall–Kier alpha value is -1.35. The minimum Gasteiger partial charge on any atom is -0.326 e. The number of rotatable bonds is 6. The van der Waals surface area contributed by atoms with Gasteiger partial charge in [0.25, 0.3) is 0 Å². The van der Waals surface area contributed by atoms with Crippen LogP contribution in [0.3, 0.4) is 0 Å².